The van der Waals surface area contributed by atoms with Gasteiger partial charge < -0.3 is 10.1 Å². The molecule has 0 radical (unpaired) electrons. The van der Waals surface area contributed by atoms with Crippen LogP contribution in [0.4, 0.5) is 5.69 Å². The number of methoxy groups -OCH3 is 1. The van der Waals surface area contributed by atoms with Crippen molar-refractivity contribution in [3.63, 3.8) is 0 Å². The van der Waals surface area contributed by atoms with Gasteiger partial charge in [0.25, 0.3) is 0 Å². The van der Waals surface area contributed by atoms with E-state index in [9.17, 15) is 0 Å². The topological polar surface area (TPSA) is 49.9 Å². The molecule has 0 aliphatic rings. The van der Waals surface area contributed by atoms with E-state index in [1.54, 1.807) is 7.11 Å². The van der Waals surface area contributed by atoms with Gasteiger partial charge >= 0.3 is 0 Å². The molecule has 0 fully saturated rings. The molecule has 0 amide bonds. The van der Waals surface area contributed by atoms with Gasteiger partial charge in [-0.2, -0.15) is 5.10 Å². The van der Waals surface area contributed by atoms with E-state index in [4.69, 9.17) is 4.74 Å². The van der Waals surface area contributed by atoms with Crippen LogP contribution in [0.2, 0.25) is 0 Å². The molecule has 0 saturated heterocycles. The Labute approximate surface area is 117 Å². The van der Waals surface area contributed by atoms with Gasteiger partial charge in [-0.05, 0) is 17.7 Å². The summed E-state index contributed by atoms with van der Waals surface area (Å²) in [7, 11) is 1.72. The first-order valence-electron chi connectivity index (χ1n) is 6.61. The SMILES string of the molecule is COCC(Nc1cccc2[nH]ncc12)c1ccccc1. The van der Waals surface area contributed by atoms with E-state index in [0.29, 0.717) is 6.61 Å². The molecule has 4 nitrogen and oxygen atoms in total. The van der Waals surface area contributed by atoms with Crippen molar-refractivity contribution >= 4 is 16.6 Å². The molecule has 0 saturated carbocycles. The summed E-state index contributed by atoms with van der Waals surface area (Å²) < 4.78 is 5.34. The summed E-state index contributed by atoms with van der Waals surface area (Å²) >= 11 is 0. The van der Waals surface area contributed by atoms with Crippen LogP contribution in [0, 0.1) is 0 Å². The van der Waals surface area contributed by atoms with Gasteiger partial charge in [0.05, 0.1) is 24.4 Å². The lowest BCUT2D eigenvalue weighted by Crippen LogP contribution is -2.16. The van der Waals surface area contributed by atoms with Crippen LogP contribution in [0.1, 0.15) is 11.6 Å². The lowest BCUT2D eigenvalue weighted by molar-refractivity contribution is 0.186. The Hall–Kier alpha value is -2.33. The molecule has 3 rings (SSSR count). The van der Waals surface area contributed by atoms with Crippen LogP contribution in [-0.4, -0.2) is 23.9 Å². The molecular formula is C16H17N3O. The van der Waals surface area contributed by atoms with Crippen LogP contribution in [0.25, 0.3) is 10.9 Å². The van der Waals surface area contributed by atoms with E-state index in [1.807, 2.05) is 36.5 Å². The number of nitrogens with zero attached hydrogens (tertiary/aromatic N) is 1. The van der Waals surface area contributed by atoms with Crippen molar-refractivity contribution in [2.75, 3.05) is 19.0 Å². The highest BCUT2D eigenvalue weighted by Gasteiger charge is 2.12. The van der Waals surface area contributed by atoms with Gasteiger partial charge in [-0.3, -0.25) is 5.10 Å². The minimum atomic E-state index is 0.113. The van der Waals surface area contributed by atoms with E-state index in [-0.39, 0.29) is 6.04 Å². The van der Waals surface area contributed by atoms with Gasteiger partial charge in [0, 0.05) is 18.2 Å². The third kappa shape index (κ3) is 2.51. The van der Waals surface area contributed by atoms with Crippen LogP contribution in [0.5, 0.6) is 0 Å². The second-order valence-electron chi connectivity index (χ2n) is 4.70. The van der Waals surface area contributed by atoms with Gasteiger partial charge in [0.2, 0.25) is 0 Å². The first kappa shape index (κ1) is 12.7. The van der Waals surface area contributed by atoms with Crippen molar-refractivity contribution in [3.05, 3.63) is 60.3 Å². The number of fused-ring (bicyclic) bond motifs is 1. The van der Waals surface area contributed by atoms with Crippen LogP contribution in [0.3, 0.4) is 0 Å². The zero-order valence-electron chi connectivity index (χ0n) is 11.3. The molecule has 2 aromatic carbocycles. The number of ether oxygens (including phenoxy) is 1. The Kier molecular flexibility index (Phi) is 3.65. The van der Waals surface area contributed by atoms with E-state index < -0.39 is 0 Å². The van der Waals surface area contributed by atoms with Crippen molar-refractivity contribution in [2.24, 2.45) is 0 Å². The Morgan fingerprint density at radius 3 is 2.80 bits per heavy atom. The number of nitrogens with one attached hydrogen (secondary N) is 2. The molecule has 1 heterocycles. The highest BCUT2D eigenvalue weighted by molar-refractivity contribution is 5.91. The predicted molar refractivity (Wildman–Crippen MR) is 80.8 cm³/mol. The maximum Gasteiger partial charge on any atom is 0.0747 e. The first-order valence-corrected chi connectivity index (χ1v) is 6.61. The molecule has 1 aromatic heterocycles. The lowest BCUT2D eigenvalue weighted by atomic mass is 10.1. The van der Waals surface area contributed by atoms with Crippen LogP contribution in [-0.2, 0) is 4.74 Å². The fourth-order valence-electron chi connectivity index (χ4n) is 2.35. The number of hydrogen-bond acceptors (Lipinski definition) is 3. The number of anilines is 1. The summed E-state index contributed by atoms with van der Waals surface area (Å²) in [5.41, 5.74) is 3.29. The van der Waals surface area contributed by atoms with Gasteiger partial charge in [-0.15, -0.1) is 0 Å². The summed E-state index contributed by atoms with van der Waals surface area (Å²) in [5, 5.41) is 11.7. The smallest absolute Gasteiger partial charge is 0.0747 e. The average molecular weight is 267 g/mol. The normalized spacial score (nSPS) is 12.4. The molecule has 0 bridgehead atoms. The number of benzene rings is 2. The lowest BCUT2D eigenvalue weighted by Gasteiger charge is -2.20. The zero-order valence-corrected chi connectivity index (χ0v) is 11.3. The van der Waals surface area contributed by atoms with E-state index in [1.165, 1.54) is 5.56 Å². The summed E-state index contributed by atoms with van der Waals surface area (Å²) in [4.78, 5) is 0. The maximum atomic E-state index is 5.34. The second-order valence-corrected chi connectivity index (χ2v) is 4.70. The fourth-order valence-corrected chi connectivity index (χ4v) is 2.35. The molecule has 20 heavy (non-hydrogen) atoms. The van der Waals surface area contributed by atoms with Gasteiger partial charge in [0.1, 0.15) is 0 Å². The van der Waals surface area contributed by atoms with Crippen LogP contribution >= 0.6 is 0 Å². The predicted octanol–water partition coefficient (Wildman–Crippen LogP) is 3.36. The van der Waals surface area contributed by atoms with Crippen LogP contribution < -0.4 is 5.32 Å². The number of rotatable bonds is 5. The maximum absolute atomic E-state index is 5.34. The molecule has 4 heteroatoms. The molecule has 3 aromatic rings. The van der Waals surface area contributed by atoms with Crippen molar-refractivity contribution < 1.29 is 4.74 Å². The number of H-pyrrole nitrogens is 1. The third-order valence-electron chi connectivity index (χ3n) is 3.35. The molecule has 0 aliphatic carbocycles. The molecule has 102 valence electrons. The first-order chi connectivity index (χ1) is 9.88. The van der Waals surface area contributed by atoms with Crippen molar-refractivity contribution in [2.45, 2.75) is 6.04 Å². The number of aromatic nitrogens is 2. The second kappa shape index (κ2) is 5.75. The van der Waals surface area contributed by atoms with Crippen molar-refractivity contribution in [3.8, 4) is 0 Å². The summed E-state index contributed by atoms with van der Waals surface area (Å²) in [6.07, 6.45) is 1.84. The summed E-state index contributed by atoms with van der Waals surface area (Å²) in [6.45, 7) is 0.609. The Morgan fingerprint density at radius 1 is 1.15 bits per heavy atom. The van der Waals surface area contributed by atoms with Crippen molar-refractivity contribution in [1.82, 2.24) is 10.2 Å². The Morgan fingerprint density at radius 2 is 2.00 bits per heavy atom. The molecule has 0 spiro atoms. The van der Waals surface area contributed by atoms with E-state index >= 15 is 0 Å². The Balaban J connectivity index is 1.92. The van der Waals surface area contributed by atoms with E-state index in [2.05, 4.69) is 33.7 Å². The highest BCUT2D eigenvalue weighted by Crippen LogP contribution is 2.26. The van der Waals surface area contributed by atoms with Gasteiger partial charge in [-0.1, -0.05) is 36.4 Å². The zero-order chi connectivity index (χ0) is 13.8. The standard InChI is InChI=1S/C16H17N3O/c1-20-11-16(12-6-3-2-4-7-12)18-14-8-5-9-15-13(14)10-17-19-15/h2-10,16,18H,11H2,1H3,(H,17,19). The monoisotopic (exact) mass is 267 g/mol. The quantitative estimate of drug-likeness (QED) is 0.745. The van der Waals surface area contributed by atoms with Crippen LogP contribution in [0.15, 0.2) is 54.7 Å². The molecular weight excluding hydrogens is 250 g/mol. The highest BCUT2D eigenvalue weighted by atomic mass is 16.5. The largest absolute Gasteiger partial charge is 0.382 e. The molecule has 1 unspecified atom stereocenters. The molecule has 2 N–H and O–H groups in total. The molecule has 1 atom stereocenters. The van der Waals surface area contributed by atoms with Crippen molar-refractivity contribution in [1.29, 1.82) is 0 Å². The molecule has 0 aliphatic heterocycles. The Bertz CT molecular complexity index is 678. The van der Waals surface area contributed by atoms with Gasteiger partial charge in [0.15, 0.2) is 0 Å². The number of aromatic amines is 1. The third-order valence-corrected chi connectivity index (χ3v) is 3.35. The van der Waals surface area contributed by atoms with Gasteiger partial charge in [-0.25, -0.2) is 0 Å². The van der Waals surface area contributed by atoms with E-state index in [0.717, 1.165) is 16.6 Å². The minimum Gasteiger partial charge on any atom is -0.382 e. The average Bonchev–Trinajstić information content (AvgIpc) is 2.97. The minimum absolute atomic E-state index is 0.113. The summed E-state index contributed by atoms with van der Waals surface area (Å²) in [6, 6.07) is 16.5. The number of hydrogen-bond donors (Lipinski definition) is 2. The summed E-state index contributed by atoms with van der Waals surface area (Å²) in [5.74, 6) is 0. The fraction of sp³-hybridized carbons (Fsp3) is 0.188.